The molecule has 0 saturated carbocycles. The van der Waals surface area contributed by atoms with Crippen LogP contribution < -0.4 is 11.2 Å². The monoisotopic (exact) mass is 688 g/mol. The topological polar surface area (TPSA) is 101 Å². The fourth-order valence-corrected chi connectivity index (χ4v) is 7.08. The van der Waals surface area contributed by atoms with E-state index in [4.69, 9.17) is 23.6 Å². The number of hydrogen-bond donors (Lipinski definition) is 1. The summed E-state index contributed by atoms with van der Waals surface area (Å²) in [6.07, 6.45) is 26.3. The molecule has 268 valence electrons. The van der Waals surface area contributed by atoms with Crippen molar-refractivity contribution < 1.29 is 23.6 Å². The highest BCUT2D eigenvalue weighted by atomic mass is 32.2. The van der Waals surface area contributed by atoms with E-state index in [1.807, 2.05) is 11.8 Å². The number of nitrogens with one attached hydrogen (secondary N) is 1. The highest BCUT2D eigenvalue weighted by Gasteiger charge is 2.27. The van der Waals surface area contributed by atoms with Crippen LogP contribution in [0.4, 0.5) is 0 Å². The van der Waals surface area contributed by atoms with Crippen molar-refractivity contribution in [2.24, 2.45) is 0 Å². The molecule has 0 bridgehead atoms. The van der Waals surface area contributed by atoms with Crippen LogP contribution in [-0.2, 0) is 23.6 Å². The number of rotatable bonds is 31. The largest absolute Gasteiger partial charge is 0.375 e. The molecule has 1 N–H and O–H groups in total. The number of ether oxygens (including phenoxy) is 2. The Labute approximate surface area is 284 Å². The first-order chi connectivity index (χ1) is 22.5. The number of aromatic nitrogens is 2. The maximum atomic E-state index is 12.2. The lowest BCUT2D eigenvalue weighted by molar-refractivity contribution is -0.223. The second-order valence-corrected chi connectivity index (χ2v) is 14.5. The van der Waals surface area contributed by atoms with Gasteiger partial charge in [-0.3, -0.25) is 14.3 Å². The van der Waals surface area contributed by atoms with Crippen molar-refractivity contribution in [2.75, 3.05) is 31.3 Å². The number of aromatic amines is 1. The fourth-order valence-electron chi connectivity index (χ4n) is 5.64. The maximum Gasteiger partial charge on any atom is 0.330 e. The van der Waals surface area contributed by atoms with Crippen molar-refractivity contribution in [2.45, 2.75) is 168 Å². The lowest BCUT2D eigenvalue weighted by Crippen LogP contribution is -2.33. The first-order valence-electron chi connectivity index (χ1n) is 18.4. The molecule has 2 rings (SSSR count). The number of thioether (sulfide) groups is 1. The minimum absolute atomic E-state index is 0.000445. The minimum Gasteiger partial charge on any atom is -0.375 e. The summed E-state index contributed by atoms with van der Waals surface area (Å²) < 4.78 is 24.7. The molecule has 1 aliphatic heterocycles. The van der Waals surface area contributed by atoms with Gasteiger partial charge in [0.1, 0.15) is 12.8 Å². The van der Waals surface area contributed by atoms with Crippen LogP contribution in [0, 0.1) is 6.92 Å². The van der Waals surface area contributed by atoms with Gasteiger partial charge in [0.15, 0.2) is 9.03 Å². The molecule has 9 nitrogen and oxygen atoms in total. The van der Waals surface area contributed by atoms with Crippen molar-refractivity contribution in [3.8, 4) is 0 Å². The molecule has 1 aromatic heterocycles. The Morgan fingerprint density at radius 1 is 0.891 bits per heavy atom. The standard InChI is InChI=1S/C35H65N2O7PS/c1-4-6-8-10-12-14-15-17-19-21-25-46-29-32(40-24-20-18-16-13-11-9-7-5-2)27-41-44-45-42-28-31-22-23-33(43-31)37-26-30(3)34(38)36-35(37)39/h26,31-33,45H,4-25,27-29H2,1-3H3,(H,36,38,39). The van der Waals surface area contributed by atoms with Crippen LogP contribution >= 0.6 is 20.8 Å². The van der Waals surface area contributed by atoms with Gasteiger partial charge in [-0.05, 0) is 38.4 Å². The van der Waals surface area contributed by atoms with Gasteiger partial charge in [0.25, 0.3) is 5.56 Å². The first kappa shape index (κ1) is 41.4. The van der Waals surface area contributed by atoms with Gasteiger partial charge >= 0.3 is 5.69 Å². The average Bonchev–Trinajstić information content (AvgIpc) is 3.52. The van der Waals surface area contributed by atoms with Crippen LogP contribution in [0.25, 0.3) is 0 Å². The average molecular weight is 689 g/mol. The molecule has 1 aliphatic rings. The molecule has 0 spiro atoms. The molecule has 1 aromatic rings. The fraction of sp³-hybridized carbons (Fsp3) is 0.886. The number of H-pyrrole nitrogens is 1. The summed E-state index contributed by atoms with van der Waals surface area (Å²) in [6, 6.07) is 0. The molecule has 4 atom stereocenters. The van der Waals surface area contributed by atoms with Gasteiger partial charge < -0.3 is 14.0 Å². The predicted molar refractivity (Wildman–Crippen MR) is 192 cm³/mol. The smallest absolute Gasteiger partial charge is 0.330 e. The number of aryl methyl sites for hydroxylation is 1. The molecule has 0 aliphatic carbocycles. The third-order valence-corrected chi connectivity index (χ3v) is 10.2. The van der Waals surface area contributed by atoms with E-state index in [0.29, 0.717) is 25.2 Å². The third-order valence-electron chi connectivity index (χ3n) is 8.51. The van der Waals surface area contributed by atoms with Crippen molar-refractivity contribution in [3.63, 3.8) is 0 Å². The maximum absolute atomic E-state index is 12.2. The molecule has 1 saturated heterocycles. The summed E-state index contributed by atoms with van der Waals surface area (Å²) in [7, 11) is -0.267. The lowest BCUT2D eigenvalue weighted by atomic mass is 10.1. The summed E-state index contributed by atoms with van der Waals surface area (Å²) in [4.78, 5) is 31.7. The molecule has 4 unspecified atom stereocenters. The van der Waals surface area contributed by atoms with Crippen LogP contribution in [0.1, 0.15) is 154 Å². The molecule has 46 heavy (non-hydrogen) atoms. The Bertz CT molecular complexity index is 979. The third kappa shape index (κ3) is 19.9. The van der Waals surface area contributed by atoms with Crippen molar-refractivity contribution >= 4 is 20.8 Å². The first-order valence-corrected chi connectivity index (χ1v) is 20.3. The molecule has 0 amide bonds. The van der Waals surface area contributed by atoms with Crippen LogP contribution in [0.2, 0.25) is 0 Å². The molecule has 0 radical (unpaired) electrons. The van der Waals surface area contributed by atoms with E-state index in [-0.39, 0.29) is 26.8 Å². The summed E-state index contributed by atoms with van der Waals surface area (Å²) in [6.45, 7) is 7.70. The van der Waals surface area contributed by atoms with E-state index in [2.05, 4.69) is 18.8 Å². The van der Waals surface area contributed by atoms with Crippen LogP contribution in [-0.4, -0.2) is 53.1 Å². The second-order valence-electron chi connectivity index (χ2n) is 12.8. The Morgan fingerprint density at radius 2 is 1.50 bits per heavy atom. The Kier molecular flexibility index (Phi) is 25.3. The van der Waals surface area contributed by atoms with E-state index in [9.17, 15) is 9.59 Å². The SMILES string of the molecule is CCCCCCCCCCCCSCC(COOPOCC1CCC(n2cc(C)c(=O)[nH]c2=O)O1)OCCCCCCCCCC. The Balaban J connectivity index is 1.58. The van der Waals surface area contributed by atoms with Gasteiger partial charge in [-0.15, -0.1) is 0 Å². The molecule has 1 fully saturated rings. The lowest BCUT2D eigenvalue weighted by Gasteiger charge is -2.18. The van der Waals surface area contributed by atoms with E-state index >= 15 is 0 Å². The quantitative estimate of drug-likeness (QED) is 0.0357. The normalized spacial score (nSPS) is 17.5. The zero-order valence-corrected chi connectivity index (χ0v) is 31.0. The Hall–Kier alpha value is -0.740. The van der Waals surface area contributed by atoms with Gasteiger partial charge in [-0.2, -0.15) is 16.4 Å². The highest BCUT2D eigenvalue weighted by Crippen LogP contribution is 2.29. The van der Waals surface area contributed by atoms with Crippen molar-refractivity contribution in [1.82, 2.24) is 9.55 Å². The van der Waals surface area contributed by atoms with Crippen molar-refractivity contribution in [3.05, 3.63) is 32.6 Å². The van der Waals surface area contributed by atoms with Crippen LogP contribution in [0.15, 0.2) is 15.8 Å². The van der Waals surface area contributed by atoms with Gasteiger partial charge in [-0.25, -0.2) is 9.68 Å². The Morgan fingerprint density at radius 3 is 2.15 bits per heavy atom. The summed E-state index contributed by atoms with van der Waals surface area (Å²) in [5.41, 5.74) is -0.347. The van der Waals surface area contributed by atoms with Gasteiger partial charge in [-0.1, -0.05) is 117 Å². The second kappa shape index (κ2) is 28.1. The minimum atomic E-state index is -0.457. The zero-order chi connectivity index (χ0) is 33.1. The summed E-state index contributed by atoms with van der Waals surface area (Å²) in [5.74, 6) is 2.07. The highest BCUT2D eigenvalue weighted by molar-refractivity contribution is 7.99. The predicted octanol–water partition coefficient (Wildman–Crippen LogP) is 9.18. The van der Waals surface area contributed by atoms with E-state index < -0.39 is 11.9 Å². The van der Waals surface area contributed by atoms with Gasteiger partial charge in [0.05, 0.1) is 18.8 Å². The molecule has 11 heteroatoms. The van der Waals surface area contributed by atoms with Crippen molar-refractivity contribution in [1.29, 1.82) is 0 Å². The number of nitrogens with zero attached hydrogens (tertiary/aromatic N) is 1. The number of unbranched alkanes of at least 4 members (excludes halogenated alkanes) is 16. The van der Waals surface area contributed by atoms with Crippen LogP contribution in [0.3, 0.4) is 0 Å². The van der Waals surface area contributed by atoms with E-state index in [0.717, 1.165) is 31.0 Å². The summed E-state index contributed by atoms with van der Waals surface area (Å²) in [5, 5.41) is 0. The summed E-state index contributed by atoms with van der Waals surface area (Å²) >= 11 is 1.95. The van der Waals surface area contributed by atoms with Crippen LogP contribution in [0.5, 0.6) is 0 Å². The molecular formula is C35H65N2O7PS. The van der Waals surface area contributed by atoms with Gasteiger partial charge in [0, 0.05) is 24.1 Å². The zero-order valence-electron chi connectivity index (χ0n) is 29.2. The molecular weight excluding hydrogens is 623 g/mol. The molecule has 0 aromatic carbocycles. The van der Waals surface area contributed by atoms with E-state index in [1.54, 1.807) is 13.1 Å². The van der Waals surface area contributed by atoms with Gasteiger partial charge in [0.2, 0.25) is 0 Å². The molecule has 2 heterocycles. The van der Waals surface area contributed by atoms with E-state index in [1.165, 1.54) is 114 Å². The number of hydrogen-bond acceptors (Lipinski definition) is 8.